The molecule has 120 valence electrons. The number of anilines is 2. The van der Waals surface area contributed by atoms with Gasteiger partial charge in [0.15, 0.2) is 0 Å². The predicted molar refractivity (Wildman–Crippen MR) is 86.8 cm³/mol. The third-order valence-corrected chi connectivity index (χ3v) is 4.48. The molecular weight excluding hydrogens is 282 g/mol. The van der Waals surface area contributed by atoms with E-state index in [1.807, 2.05) is 12.1 Å². The lowest BCUT2D eigenvalue weighted by Crippen LogP contribution is -2.36. The highest BCUT2D eigenvalue weighted by atomic mass is 16.6. The summed E-state index contributed by atoms with van der Waals surface area (Å²) in [6, 6.07) is 5.52. The molecule has 0 N–H and O–H groups in total. The van der Waals surface area contributed by atoms with Crippen LogP contribution in [-0.2, 0) is 4.74 Å². The minimum Gasteiger partial charge on any atom is -0.378 e. The summed E-state index contributed by atoms with van der Waals surface area (Å²) in [5.74, 6) is 0. The first-order valence-corrected chi connectivity index (χ1v) is 8.12. The van der Waals surface area contributed by atoms with E-state index in [9.17, 15) is 10.1 Å². The van der Waals surface area contributed by atoms with Crippen molar-refractivity contribution in [2.24, 2.45) is 0 Å². The largest absolute Gasteiger partial charge is 0.378 e. The van der Waals surface area contributed by atoms with Crippen LogP contribution in [0.25, 0.3) is 0 Å². The molecule has 0 bridgehead atoms. The van der Waals surface area contributed by atoms with E-state index in [0.717, 1.165) is 63.6 Å². The molecule has 1 aromatic carbocycles. The fourth-order valence-corrected chi connectivity index (χ4v) is 3.25. The van der Waals surface area contributed by atoms with Gasteiger partial charge in [0.05, 0.1) is 18.1 Å². The number of benzene rings is 1. The van der Waals surface area contributed by atoms with Crippen molar-refractivity contribution < 1.29 is 9.66 Å². The molecule has 0 aromatic heterocycles. The average molecular weight is 305 g/mol. The number of ether oxygens (including phenoxy) is 1. The first kappa shape index (κ1) is 15.1. The Labute approximate surface area is 130 Å². The van der Waals surface area contributed by atoms with Crippen molar-refractivity contribution in [2.75, 3.05) is 49.2 Å². The fourth-order valence-electron chi connectivity index (χ4n) is 3.25. The molecule has 1 aromatic rings. The quantitative estimate of drug-likeness (QED) is 0.635. The Hall–Kier alpha value is -1.82. The van der Waals surface area contributed by atoms with Crippen LogP contribution in [0.1, 0.15) is 25.7 Å². The van der Waals surface area contributed by atoms with E-state index in [4.69, 9.17) is 4.74 Å². The molecule has 6 nitrogen and oxygen atoms in total. The second-order valence-electron chi connectivity index (χ2n) is 5.93. The molecule has 0 saturated carbocycles. The van der Waals surface area contributed by atoms with Crippen LogP contribution >= 0.6 is 0 Å². The summed E-state index contributed by atoms with van der Waals surface area (Å²) in [4.78, 5) is 15.6. The standard InChI is InChI=1S/C16H23N3O3/c20-19(21)15-6-5-14(17-9-11-22-12-10-17)13-16(15)18-7-3-1-2-4-8-18/h5-6,13H,1-4,7-12H2. The van der Waals surface area contributed by atoms with Crippen LogP contribution in [0, 0.1) is 10.1 Å². The first-order valence-electron chi connectivity index (χ1n) is 8.12. The monoisotopic (exact) mass is 305 g/mol. The number of rotatable bonds is 3. The van der Waals surface area contributed by atoms with E-state index in [1.165, 1.54) is 12.8 Å². The highest BCUT2D eigenvalue weighted by molar-refractivity contribution is 5.70. The lowest BCUT2D eigenvalue weighted by atomic mass is 10.2. The number of nitro groups is 1. The zero-order chi connectivity index (χ0) is 15.4. The SMILES string of the molecule is O=[N+]([O-])c1ccc(N2CCOCC2)cc1N1CCCCCC1. The third kappa shape index (κ3) is 3.32. The van der Waals surface area contributed by atoms with E-state index < -0.39 is 0 Å². The lowest BCUT2D eigenvalue weighted by Gasteiger charge is -2.30. The molecule has 2 heterocycles. The van der Waals surface area contributed by atoms with Crippen molar-refractivity contribution in [1.82, 2.24) is 0 Å². The predicted octanol–water partition coefficient (Wildman–Crippen LogP) is 2.81. The summed E-state index contributed by atoms with van der Waals surface area (Å²) in [5.41, 5.74) is 2.06. The summed E-state index contributed by atoms with van der Waals surface area (Å²) in [7, 11) is 0. The fraction of sp³-hybridized carbons (Fsp3) is 0.625. The molecule has 0 spiro atoms. The molecule has 0 atom stereocenters. The third-order valence-electron chi connectivity index (χ3n) is 4.48. The summed E-state index contributed by atoms with van der Waals surface area (Å²) < 4.78 is 5.39. The summed E-state index contributed by atoms with van der Waals surface area (Å²) >= 11 is 0. The van der Waals surface area contributed by atoms with Crippen molar-refractivity contribution in [1.29, 1.82) is 0 Å². The molecule has 22 heavy (non-hydrogen) atoms. The van der Waals surface area contributed by atoms with Gasteiger partial charge in [0.2, 0.25) is 0 Å². The highest BCUT2D eigenvalue weighted by Crippen LogP contribution is 2.34. The molecule has 0 unspecified atom stereocenters. The minimum atomic E-state index is -0.261. The second-order valence-corrected chi connectivity index (χ2v) is 5.93. The van der Waals surface area contributed by atoms with Gasteiger partial charge in [0.25, 0.3) is 5.69 Å². The molecule has 0 radical (unpaired) electrons. The van der Waals surface area contributed by atoms with Gasteiger partial charge in [-0.25, -0.2) is 0 Å². The van der Waals surface area contributed by atoms with E-state index in [0.29, 0.717) is 0 Å². The van der Waals surface area contributed by atoms with E-state index in [2.05, 4.69) is 9.80 Å². The summed E-state index contributed by atoms with van der Waals surface area (Å²) in [5, 5.41) is 11.4. The molecular formula is C16H23N3O3. The van der Waals surface area contributed by atoms with Gasteiger partial charge < -0.3 is 14.5 Å². The zero-order valence-electron chi connectivity index (χ0n) is 12.9. The molecule has 3 rings (SSSR count). The van der Waals surface area contributed by atoms with Gasteiger partial charge in [-0.1, -0.05) is 12.8 Å². The van der Waals surface area contributed by atoms with Crippen LogP contribution < -0.4 is 9.80 Å². The van der Waals surface area contributed by atoms with Crippen molar-refractivity contribution >= 4 is 17.1 Å². The van der Waals surface area contributed by atoms with E-state index in [1.54, 1.807) is 6.07 Å². The minimum absolute atomic E-state index is 0.221. The van der Waals surface area contributed by atoms with Crippen LogP contribution in [0.2, 0.25) is 0 Å². The Balaban J connectivity index is 1.91. The molecule has 2 saturated heterocycles. The van der Waals surface area contributed by atoms with Crippen LogP contribution in [0.15, 0.2) is 18.2 Å². The van der Waals surface area contributed by atoms with Crippen LogP contribution in [0.3, 0.4) is 0 Å². The summed E-state index contributed by atoms with van der Waals surface area (Å²) in [6.45, 7) is 4.95. The van der Waals surface area contributed by atoms with Crippen molar-refractivity contribution in [2.45, 2.75) is 25.7 Å². The van der Waals surface area contributed by atoms with E-state index >= 15 is 0 Å². The first-order chi connectivity index (χ1) is 10.8. The maximum Gasteiger partial charge on any atom is 0.292 e. The highest BCUT2D eigenvalue weighted by Gasteiger charge is 2.22. The van der Waals surface area contributed by atoms with Crippen LogP contribution in [0.4, 0.5) is 17.1 Å². The van der Waals surface area contributed by atoms with Crippen LogP contribution in [-0.4, -0.2) is 44.3 Å². The Kier molecular flexibility index (Phi) is 4.77. The van der Waals surface area contributed by atoms with Crippen molar-refractivity contribution in [3.63, 3.8) is 0 Å². The molecule has 6 heteroatoms. The molecule has 2 aliphatic rings. The van der Waals surface area contributed by atoms with Crippen molar-refractivity contribution in [3.8, 4) is 0 Å². The van der Waals surface area contributed by atoms with E-state index in [-0.39, 0.29) is 10.6 Å². The second kappa shape index (κ2) is 6.96. The van der Waals surface area contributed by atoms with Gasteiger partial charge >= 0.3 is 0 Å². The van der Waals surface area contributed by atoms with Gasteiger partial charge in [-0.2, -0.15) is 0 Å². The molecule has 0 amide bonds. The number of morpholine rings is 1. The number of hydrogen-bond donors (Lipinski definition) is 0. The Morgan fingerprint density at radius 1 is 0.955 bits per heavy atom. The molecule has 2 aliphatic heterocycles. The van der Waals surface area contributed by atoms with Gasteiger partial charge in [-0.15, -0.1) is 0 Å². The zero-order valence-corrected chi connectivity index (χ0v) is 12.9. The smallest absolute Gasteiger partial charge is 0.292 e. The van der Waals surface area contributed by atoms with Gasteiger partial charge in [0, 0.05) is 37.9 Å². The van der Waals surface area contributed by atoms with Gasteiger partial charge in [-0.3, -0.25) is 10.1 Å². The number of nitro benzene ring substituents is 1. The van der Waals surface area contributed by atoms with Crippen molar-refractivity contribution in [3.05, 3.63) is 28.3 Å². The molecule has 0 aliphatic carbocycles. The van der Waals surface area contributed by atoms with Gasteiger partial charge in [0.1, 0.15) is 5.69 Å². The average Bonchev–Trinajstić information content (AvgIpc) is 2.84. The molecule has 2 fully saturated rings. The Morgan fingerprint density at radius 3 is 2.27 bits per heavy atom. The Morgan fingerprint density at radius 2 is 1.64 bits per heavy atom. The maximum atomic E-state index is 11.4. The lowest BCUT2D eigenvalue weighted by molar-refractivity contribution is -0.384. The number of hydrogen-bond acceptors (Lipinski definition) is 5. The normalized spacial score (nSPS) is 19.8. The maximum absolute atomic E-state index is 11.4. The summed E-state index contributed by atoms with van der Waals surface area (Å²) in [6.07, 6.45) is 4.65. The van der Waals surface area contributed by atoms with Crippen LogP contribution in [0.5, 0.6) is 0 Å². The van der Waals surface area contributed by atoms with Gasteiger partial charge in [-0.05, 0) is 25.0 Å². The topological polar surface area (TPSA) is 58.9 Å². The number of nitrogens with zero attached hydrogens (tertiary/aromatic N) is 3. The Bertz CT molecular complexity index is 521.